The van der Waals surface area contributed by atoms with Crippen molar-refractivity contribution in [3.05, 3.63) is 40.1 Å². The zero-order chi connectivity index (χ0) is 18.0. The van der Waals surface area contributed by atoms with Gasteiger partial charge in [0, 0.05) is 37.8 Å². The van der Waals surface area contributed by atoms with Crippen LogP contribution in [0.3, 0.4) is 0 Å². The molecule has 2 amide bonds. The Balaban J connectivity index is 2.68. The number of nitrogens with two attached hydrogens (primary N) is 1. The molecule has 0 saturated heterocycles. The van der Waals surface area contributed by atoms with Crippen LogP contribution in [-0.4, -0.2) is 30.8 Å². The van der Waals surface area contributed by atoms with Gasteiger partial charge in [-0.15, -0.1) is 0 Å². The summed E-state index contributed by atoms with van der Waals surface area (Å²) in [7, 11) is 3.65. The van der Waals surface area contributed by atoms with E-state index in [4.69, 9.17) is 10.2 Å². The Morgan fingerprint density at radius 1 is 1.25 bits per heavy atom. The summed E-state index contributed by atoms with van der Waals surface area (Å²) in [6.07, 6.45) is 0. The molecular formula is C15H16N4O5. The maximum absolute atomic E-state index is 11.5. The number of nitro groups is 1. The highest BCUT2D eigenvalue weighted by molar-refractivity contribution is 6.02. The van der Waals surface area contributed by atoms with Crippen molar-refractivity contribution in [1.82, 2.24) is 0 Å². The first-order valence-corrected chi connectivity index (χ1v) is 6.88. The molecule has 0 spiro atoms. The third-order valence-corrected chi connectivity index (χ3v) is 3.24. The molecule has 0 unspecified atom stereocenters. The van der Waals surface area contributed by atoms with E-state index in [1.54, 1.807) is 18.2 Å². The molecule has 0 aliphatic rings. The van der Waals surface area contributed by atoms with Gasteiger partial charge < -0.3 is 20.4 Å². The minimum absolute atomic E-state index is 0.142. The van der Waals surface area contributed by atoms with E-state index < -0.39 is 16.7 Å². The van der Waals surface area contributed by atoms with E-state index >= 15 is 0 Å². The first-order valence-electron chi connectivity index (χ1n) is 6.88. The zero-order valence-electron chi connectivity index (χ0n) is 13.3. The Morgan fingerprint density at radius 2 is 1.92 bits per heavy atom. The smallest absolute Gasteiger partial charge is 0.395 e. The second-order valence-electron chi connectivity index (χ2n) is 5.25. The SMILES string of the molecule is CC(=O)Nc1cc(N(C)C)ccc1-c1cc([N+](=O)[O-])oc1C(N)=O. The number of furan rings is 1. The predicted molar refractivity (Wildman–Crippen MR) is 87.9 cm³/mol. The molecule has 1 aromatic carbocycles. The molecule has 126 valence electrons. The molecule has 0 fully saturated rings. The topological polar surface area (TPSA) is 132 Å². The number of nitrogens with zero attached hydrogens (tertiary/aromatic N) is 2. The largest absolute Gasteiger partial charge is 0.434 e. The molecule has 2 rings (SSSR count). The molecule has 0 saturated carbocycles. The van der Waals surface area contributed by atoms with Gasteiger partial charge in [-0.2, -0.15) is 0 Å². The third-order valence-electron chi connectivity index (χ3n) is 3.24. The molecule has 0 atom stereocenters. The minimum Gasteiger partial charge on any atom is -0.395 e. The Kier molecular flexibility index (Phi) is 4.54. The molecule has 9 nitrogen and oxygen atoms in total. The van der Waals surface area contributed by atoms with Crippen molar-refractivity contribution in [2.75, 3.05) is 24.3 Å². The van der Waals surface area contributed by atoms with Gasteiger partial charge in [0.2, 0.25) is 11.7 Å². The number of hydrogen-bond donors (Lipinski definition) is 2. The van der Waals surface area contributed by atoms with Crippen LogP contribution in [0.4, 0.5) is 17.3 Å². The highest BCUT2D eigenvalue weighted by Crippen LogP contribution is 2.37. The standard InChI is InChI=1S/C15H16N4O5/c1-8(20)17-12-6-9(18(2)3)4-5-10(12)11-7-13(19(22)23)24-14(11)15(16)21/h4-7H,1-3H3,(H2,16,21)(H,17,20). The van der Waals surface area contributed by atoms with Gasteiger partial charge in [0.25, 0.3) is 5.91 Å². The first kappa shape index (κ1) is 17.0. The lowest BCUT2D eigenvalue weighted by Crippen LogP contribution is -2.13. The van der Waals surface area contributed by atoms with Crippen LogP contribution in [-0.2, 0) is 4.79 Å². The number of amides is 2. The van der Waals surface area contributed by atoms with Crippen molar-refractivity contribution in [1.29, 1.82) is 0 Å². The quantitative estimate of drug-likeness (QED) is 0.635. The van der Waals surface area contributed by atoms with Gasteiger partial charge in [-0.05, 0) is 12.1 Å². The summed E-state index contributed by atoms with van der Waals surface area (Å²) in [5, 5.41) is 13.6. The van der Waals surface area contributed by atoms with Crippen LogP contribution in [0.5, 0.6) is 0 Å². The summed E-state index contributed by atoms with van der Waals surface area (Å²) in [4.78, 5) is 35.0. The van der Waals surface area contributed by atoms with Crippen LogP contribution in [0, 0.1) is 10.1 Å². The lowest BCUT2D eigenvalue weighted by Gasteiger charge is -2.16. The molecular weight excluding hydrogens is 316 g/mol. The van der Waals surface area contributed by atoms with Crippen LogP contribution < -0.4 is 16.0 Å². The second kappa shape index (κ2) is 6.41. The number of benzene rings is 1. The Hall–Kier alpha value is -3.36. The number of carbonyl (C=O) groups excluding carboxylic acids is 2. The summed E-state index contributed by atoms with van der Waals surface area (Å²) in [5.74, 6) is -2.22. The average molecular weight is 332 g/mol. The molecule has 9 heteroatoms. The maximum atomic E-state index is 11.5. The van der Waals surface area contributed by atoms with Crippen molar-refractivity contribution in [2.24, 2.45) is 5.73 Å². The van der Waals surface area contributed by atoms with Crippen LogP contribution >= 0.6 is 0 Å². The molecule has 1 aromatic heterocycles. The van der Waals surface area contributed by atoms with Gasteiger partial charge in [0.05, 0.1) is 11.8 Å². The minimum atomic E-state index is -0.941. The van der Waals surface area contributed by atoms with E-state index in [0.29, 0.717) is 11.3 Å². The molecule has 24 heavy (non-hydrogen) atoms. The van der Waals surface area contributed by atoms with Crippen molar-refractivity contribution < 1.29 is 18.9 Å². The van der Waals surface area contributed by atoms with E-state index in [1.165, 1.54) is 6.92 Å². The Bertz CT molecular complexity index is 825. The summed E-state index contributed by atoms with van der Waals surface area (Å²) in [6.45, 7) is 1.33. The normalized spacial score (nSPS) is 10.3. The number of hydrogen-bond acceptors (Lipinski definition) is 6. The predicted octanol–water partition coefficient (Wildman–Crippen LogP) is 1.98. The van der Waals surface area contributed by atoms with E-state index in [1.807, 2.05) is 19.0 Å². The summed E-state index contributed by atoms with van der Waals surface area (Å²) in [5.41, 5.74) is 6.95. The van der Waals surface area contributed by atoms with Crippen LogP contribution in [0.15, 0.2) is 28.7 Å². The Labute approximate surface area is 137 Å². The van der Waals surface area contributed by atoms with E-state index in [-0.39, 0.29) is 17.2 Å². The van der Waals surface area contributed by atoms with Crippen LogP contribution in [0.2, 0.25) is 0 Å². The van der Waals surface area contributed by atoms with E-state index in [9.17, 15) is 19.7 Å². The lowest BCUT2D eigenvalue weighted by molar-refractivity contribution is -0.402. The molecule has 0 radical (unpaired) electrons. The number of primary amides is 1. The van der Waals surface area contributed by atoms with E-state index in [2.05, 4.69) is 5.32 Å². The van der Waals surface area contributed by atoms with Crippen molar-refractivity contribution in [2.45, 2.75) is 6.92 Å². The van der Waals surface area contributed by atoms with Gasteiger partial charge in [0.15, 0.2) is 0 Å². The van der Waals surface area contributed by atoms with E-state index in [0.717, 1.165) is 11.8 Å². The molecule has 2 aromatic rings. The van der Waals surface area contributed by atoms with Gasteiger partial charge >= 0.3 is 5.88 Å². The highest BCUT2D eigenvalue weighted by Gasteiger charge is 2.25. The molecule has 3 N–H and O–H groups in total. The second-order valence-corrected chi connectivity index (χ2v) is 5.25. The molecule has 1 heterocycles. The fraction of sp³-hybridized carbons (Fsp3) is 0.200. The first-order chi connectivity index (χ1) is 11.2. The van der Waals surface area contributed by atoms with Crippen LogP contribution in [0.25, 0.3) is 11.1 Å². The third kappa shape index (κ3) is 3.35. The van der Waals surface area contributed by atoms with Gasteiger partial charge in [-0.1, -0.05) is 6.07 Å². The molecule has 0 aliphatic carbocycles. The van der Waals surface area contributed by atoms with Gasteiger partial charge in [-0.25, -0.2) is 0 Å². The zero-order valence-corrected chi connectivity index (χ0v) is 13.3. The highest BCUT2D eigenvalue weighted by atomic mass is 16.6. The summed E-state index contributed by atoms with van der Waals surface area (Å²) < 4.78 is 4.93. The van der Waals surface area contributed by atoms with Crippen molar-refractivity contribution >= 4 is 29.1 Å². The fourth-order valence-electron chi connectivity index (χ4n) is 2.19. The molecule has 0 aliphatic heterocycles. The van der Waals surface area contributed by atoms with Gasteiger partial charge in [-0.3, -0.25) is 19.7 Å². The average Bonchev–Trinajstić information content (AvgIpc) is 2.91. The number of anilines is 2. The number of nitrogens with one attached hydrogen (secondary N) is 1. The van der Waals surface area contributed by atoms with Crippen LogP contribution in [0.1, 0.15) is 17.5 Å². The van der Waals surface area contributed by atoms with Gasteiger partial charge in [0.1, 0.15) is 4.92 Å². The molecule has 0 bridgehead atoms. The summed E-state index contributed by atoms with van der Waals surface area (Å²) in [6, 6.07) is 6.16. The number of rotatable bonds is 5. The lowest BCUT2D eigenvalue weighted by atomic mass is 10.0. The monoisotopic (exact) mass is 332 g/mol. The van der Waals surface area contributed by atoms with Crippen molar-refractivity contribution in [3.8, 4) is 11.1 Å². The number of carbonyl (C=O) groups is 2. The summed E-state index contributed by atoms with van der Waals surface area (Å²) >= 11 is 0. The fourth-order valence-corrected chi connectivity index (χ4v) is 2.19. The maximum Gasteiger partial charge on any atom is 0.434 e. The Morgan fingerprint density at radius 3 is 2.42 bits per heavy atom. The van der Waals surface area contributed by atoms with Crippen molar-refractivity contribution in [3.63, 3.8) is 0 Å².